The van der Waals surface area contributed by atoms with Crippen molar-refractivity contribution in [3.8, 4) is 0 Å². The highest BCUT2D eigenvalue weighted by Crippen LogP contribution is 2.41. The van der Waals surface area contributed by atoms with Crippen molar-refractivity contribution in [1.82, 2.24) is 20.4 Å². The van der Waals surface area contributed by atoms with Gasteiger partial charge in [-0.1, -0.05) is 6.92 Å². The first-order valence-corrected chi connectivity index (χ1v) is 12.6. The number of rotatable bonds is 7. The molecular weight excluding hydrogens is 453 g/mol. The molecule has 1 spiro atoms. The lowest BCUT2D eigenvalue weighted by molar-refractivity contribution is -0.139. The number of anilines is 1. The van der Waals surface area contributed by atoms with E-state index in [1.54, 1.807) is 11.8 Å². The zero-order valence-electron chi connectivity index (χ0n) is 20.3. The zero-order valence-corrected chi connectivity index (χ0v) is 20.3. The fourth-order valence-electron chi connectivity index (χ4n) is 5.64. The topological polar surface area (TPSA) is 105 Å². The molecule has 3 fully saturated rings. The van der Waals surface area contributed by atoms with E-state index in [0.717, 1.165) is 51.3 Å². The Morgan fingerprint density at radius 2 is 1.80 bits per heavy atom. The standard InChI is InChI=1S/C25H36FN5O4/c1-2-21(28-24(34)35)22(32)31-11-8-25(9-12-31)17-19(27-23(25)33)7-10-29-13-15-30(16-14-29)20-5-3-18(26)4-6-20/h3-6,19,21,28H,2,7-17H2,1H3,(H,27,33)(H,34,35)/t19-,21-/m0/s1. The van der Waals surface area contributed by atoms with Gasteiger partial charge in [0.05, 0.1) is 5.41 Å². The molecule has 3 saturated heterocycles. The maximum atomic E-state index is 13.2. The lowest BCUT2D eigenvalue weighted by Gasteiger charge is -2.38. The number of nitrogens with zero attached hydrogens (tertiary/aromatic N) is 3. The molecule has 3 amide bonds. The van der Waals surface area contributed by atoms with Crippen LogP contribution in [-0.2, 0) is 9.59 Å². The first kappa shape index (κ1) is 25.2. The van der Waals surface area contributed by atoms with E-state index in [1.807, 2.05) is 12.1 Å². The van der Waals surface area contributed by atoms with Gasteiger partial charge in [0.15, 0.2) is 0 Å². The van der Waals surface area contributed by atoms with Gasteiger partial charge in [0.1, 0.15) is 11.9 Å². The molecule has 1 aromatic rings. The van der Waals surface area contributed by atoms with Gasteiger partial charge in [-0.05, 0) is 56.4 Å². The summed E-state index contributed by atoms with van der Waals surface area (Å²) < 4.78 is 13.2. The number of likely N-dealkylation sites (tertiary alicyclic amines) is 1. The highest BCUT2D eigenvalue weighted by atomic mass is 19.1. The van der Waals surface area contributed by atoms with Crippen molar-refractivity contribution >= 4 is 23.6 Å². The van der Waals surface area contributed by atoms with E-state index in [-0.39, 0.29) is 23.7 Å². The van der Waals surface area contributed by atoms with Gasteiger partial charge in [0, 0.05) is 57.5 Å². The van der Waals surface area contributed by atoms with Crippen LogP contribution in [0, 0.1) is 11.2 Å². The average molecular weight is 490 g/mol. The molecule has 35 heavy (non-hydrogen) atoms. The second-order valence-electron chi connectivity index (χ2n) is 9.98. The van der Waals surface area contributed by atoms with Crippen molar-refractivity contribution < 1.29 is 23.9 Å². The van der Waals surface area contributed by atoms with Gasteiger partial charge in [0.25, 0.3) is 0 Å². The van der Waals surface area contributed by atoms with Crippen molar-refractivity contribution in [3.05, 3.63) is 30.1 Å². The molecule has 3 aliphatic rings. The summed E-state index contributed by atoms with van der Waals surface area (Å²) in [5, 5.41) is 14.4. The number of carbonyl (C=O) groups is 3. The number of nitrogens with one attached hydrogen (secondary N) is 2. The van der Waals surface area contributed by atoms with Gasteiger partial charge in [-0.15, -0.1) is 0 Å². The molecule has 4 rings (SSSR count). The molecule has 0 aromatic heterocycles. The number of amides is 3. The number of benzene rings is 1. The molecule has 192 valence electrons. The van der Waals surface area contributed by atoms with E-state index in [2.05, 4.69) is 20.4 Å². The molecule has 3 heterocycles. The van der Waals surface area contributed by atoms with Crippen LogP contribution in [-0.4, -0.2) is 90.7 Å². The van der Waals surface area contributed by atoms with E-state index in [0.29, 0.717) is 32.4 Å². The predicted molar refractivity (Wildman–Crippen MR) is 130 cm³/mol. The molecule has 2 atom stereocenters. The fraction of sp³-hybridized carbons (Fsp3) is 0.640. The summed E-state index contributed by atoms with van der Waals surface area (Å²) in [5.41, 5.74) is 0.620. The maximum absolute atomic E-state index is 13.2. The maximum Gasteiger partial charge on any atom is 0.405 e. The normalized spacial score (nSPS) is 23.3. The zero-order chi connectivity index (χ0) is 25.0. The Bertz CT molecular complexity index is 911. The average Bonchev–Trinajstić information content (AvgIpc) is 3.16. The van der Waals surface area contributed by atoms with Gasteiger partial charge in [-0.3, -0.25) is 14.5 Å². The number of hydrogen-bond donors (Lipinski definition) is 3. The van der Waals surface area contributed by atoms with Crippen LogP contribution < -0.4 is 15.5 Å². The highest BCUT2D eigenvalue weighted by Gasteiger charge is 2.49. The minimum atomic E-state index is -1.20. The molecule has 9 nitrogen and oxygen atoms in total. The van der Waals surface area contributed by atoms with Crippen LogP contribution in [0.4, 0.5) is 14.9 Å². The summed E-state index contributed by atoms with van der Waals surface area (Å²) in [4.78, 5) is 42.9. The molecular formula is C25H36FN5O4. The van der Waals surface area contributed by atoms with Crippen molar-refractivity contribution in [2.45, 2.75) is 51.1 Å². The van der Waals surface area contributed by atoms with E-state index in [9.17, 15) is 18.8 Å². The molecule has 10 heteroatoms. The third-order valence-electron chi connectivity index (χ3n) is 7.85. The van der Waals surface area contributed by atoms with E-state index >= 15 is 0 Å². The largest absolute Gasteiger partial charge is 0.465 e. The molecule has 3 N–H and O–H groups in total. The van der Waals surface area contributed by atoms with Crippen LogP contribution in [0.15, 0.2) is 24.3 Å². The molecule has 1 aromatic carbocycles. The fourth-order valence-corrected chi connectivity index (χ4v) is 5.64. The third-order valence-corrected chi connectivity index (χ3v) is 7.85. The van der Waals surface area contributed by atoms with Gasteiger partial charge in [-0.25, -0.2) is 9.18 Å². The second-order valence-corrected chi connectivity index (χ2v) is 9.98. The summed E-state index contributed by atoms with van der Waals surface area (Å²) in [6, 6.07) is 6.03. The second kappa shape index (κ2) is 10.8. The smallest absolute Gasteiger partial charge is 0.405 e. The number of carboxylic acid groups (broad SMARTS) is 1. The molecule has 0 bridgehead atoms. The number of halogens is 1. The van der Waals surface area contributed by atoms with Crippen LogP contribution in [0.1, 0.15) is 39.0 Å². The minimum absolute atomic E-state index is 0.0893. The van der Waals surface area contributed by atoms with Crippen LogP contribution in [0.25, 0.3) is 0 Å². The van der Waals surface area contributed by atoms with Crippen LogP contribution in [0.3, 0.4) is 0 Å². The lowest BCUT2D eigenvalue weighted by Crippen LogP contribution is -2.52. The molecule has 0 unspecified atom stereocenters. The molecule has 0 aliphatic carbocycles. The summed E-state index contributed by atoms with van der Waals surface area (Å²) in [6.45, 7) is 7.30. The Hall–Kier alpha value is -2.88. The Labute approximate surface area is 205 Å². The summed E-state index contributed by atoms with van der Waals surface area (Å²) in [6.07, 6.45) is 2.10. The number of piperazine rings is 1. The molecule has 0 saturated carbocycles. The SMILES string of the molecule is CC[C@H](NC(=O)O)C(=O)N1CCC2(CC1)C[C@H](CCN1CCN(c3ccc(F)cc3)CC1)NC2=O. The Morgan fingerprint density at radius 3 is 2.40 bits per heavy atom. The third kappa shape index (κ3) is 5.86. The predicted octanol–water partition coefficient (Wildman–Crippen LogP) is 1.88. The van der Waals surface area contributed by atoms with E-state index < -0.39 is 17.6 Å². The highest BCUT2D eigenvalue weighted by molar-refractivity contribution is 5.87. The number of hydrogen-bond acceptors (Lipinski definition) is 5. The monoisotopic (exact) mass is 489 g/mol. The number of piperidine rings is 1. The van der Waals surface area contributed by atoms with Crippen LogP contribution in [0.2, 0.25) is 0 Å². The Balaban J connectivity index is 1.21. The van der Waals surface area contributed by atoms with Crippen molar-refractivity contribution in [2.75, 3.05) is 50.7 Å². The lowest BCUT2D eigenvalue weighted by atomic mass is 9.75. The summed E-state index contributed by atoms with van der Waals surface area (Å²) >= 11 is 0. The summed E-state index contributed by atoms with van der Waals surface area (Å²) in [7, 11) is 0. The van der Waals surface area contributed by atoms with Crippen molar-refractivity contribution in [3.63, 3.8) is 0 Å². The minimum Gasteiger partial charge on any atom is -0.465 e. The van der Waals surface area contributed by atoms with Crippen molar-refractivity contribution in [2.24, 2.45) is 5.41 Å². The molecule has 0 radical (unpaired) electrons. The van der Waals surface area contributed by atoms with Gasteiger partial charge >= 0.3 is 6.09 Å². The van der Waals surface area contributed by atoms with Gasteiger partial charge < -0.3 is 25.5 Å². The van der Waals surface area contributed by atoms with E-state index in [4.69, 9.17) is 5.11 Å². The van der Waals surface area contributed by atoms with Crippen LogP contribution in [0.5, 0.6) is 0 Å². The Morgan fingerprint density at radius 1 is 1.14 bits per heavy atom. The Kier molecular flexibility index (Phi) is 7.78. The van der Waals surface area contributed by atoms with Gasteiger partial charge in [0.2, 0.25) is 11.8 Å². The summed E-state index contributed by atoms with van der Waals surface area (Å²) in [5.74, 6) is -0.340. The first-order chi connectivity index (χ1) is 16.8. The van der Waals surface area contributed by atoms with Crippen molar-refractivity contribution in [1.29, 1.82) is 0 Å². The van der Waals surface area contributed by atoms with Crippen LogP contribution >= 0.6 is 0 Å². The van der Waals surface area contributed by atoms with E-state index in [1.165, 1.54) is 12.1 Å². The molecule has 3 aliphatic heterocycles. The number of carbonyl (C=O) groups excluding carboxylic acids is 2. The first-order valence-electron chi connectivity index (χ1n) is 12.6. The van der Waals surface area contributed by atoms with Gasteiger partial charge in [-0.2, -0.15) is 0 Å². The quantitative estimate of drug-likeness (QED) is 0.540.